The minimum atomic E-state index is -0.250. The van der Waals surface area contributed by atoms with E-state index < -0.39 is 0 Å². The van der Waals surface area contributed by atoms with Crippen molar-refractivity contribution in [3.8, 4) is 23.8 Å². The second-order valence-corrected chi connectivity index (χ2v) is 7.44. The summed E-state index contributed by atoms with van der Waals surface area (Å²) in [4.78, 5) is 23.9. The molecule has 4 rings (SSSR count). The Morgan fingerprint density at radius 2 is 1.88 bits per heavy atom. The maximum atomic E-state index is 12.8. The lowest BCUT2D eigenvalue weighted by Crippen LogP contribution is -2.20. The van der Waals surface area contributed by atoms with Gasteiger partial charge >= 0.3 is 0 Å². The molecule has 4 aromatic rings. The summed E-state index contributed by atoms with van der Waals surface area (Å²) in [6.07, 6.45) is 7.25. The summed E-state index contributed by atoms with van der Waals surface area (Å²) in [5.74, 6) is 3.70. The van der Waals surface area contributed by atoms with Gasteiger partial charge in [-0.05, 0) is 50.5 Å². The predicted octanol–water partition coefficient (Wildman–Crippen LogP) is 3.45. The summed E-state index contributed by atoms with van der Waals surface area (Å²) in [5, 5.41) is 3.81. The predicted molar refractivity (Wildman–Crippen MR) is 127 cm³/mol. The SMILES string of the molecule is C#Cc1cc(=O)n(-c2ccccc2)c2nc(Nc3ccc(OCCN(C)C)cc3)ncc12. The van der Waals surface area contributed by atoms with Crippen LogP contribution in [0.25, 0.3) is 16.7 Å². The molecule has 0 aliphatic heterocycles. The van der Waals surface area contributed by atoms with E-state index in [-0.39, 0.29) is 5.56 Å². The average molecular weight is 425 g/mol. The third-order valence-electron chi connectivity index (χ3n) is 4.85. The molecule has 0 amide bonds. The molecule has 1 N–H and O–H groups in total. The summed E-state index contributed by atoms with van der Waals surface area (Å²) in [6, 6.07) is 18.3. The molecular formula is C25H23N5O2. The fourth-order valence-corrected chi connectivity index (χ4v) is 3.22. The number of ether oxygens (including phenoxy) is 1. The molecule has 7 heteroatoms. The molecule has 0 saturated heterocycles. The second-order valence-electron chi connectivity index (χ2n) is 7.44. The van der Waals surface area contributed by atoms with Gasteiger partial charge < -0.3 is 15.0 Å². The van der Waals surface area contributed by atoms with Gasteiger partial charge in [-0.2, -0.15) is 4.98 Å². The van der Waals surface area contributed by atoms with Gasteiger partial charge in [0.25, 0.3) is 5.56 Å². The minimum Gasteiger partial charge on any atom is -0.492 e. The number of nitrogens with zero attached hydrogens (tertiary/aromatic N) is 4. The van der Waals surface area contributed by atoms with Gasteiger partial charge in [-0.15, -0.1) is 6.42 Å². The monoisotopic (exact) mass is 425 g/mol. The van der Waals surface area contributed by atoms with Gasteiger partial charge in [-0.3, -0.25) is 9.36 Å². The Hall–Kier alpha value is -4.15. The molecule has 0 aliphatic rings. The van der Waals surface area contributed by atoms with E-state index in [2.05, 4.69) is 26.1 Å². The minimum absolute atomic E-state index is 0.250. The highest BCUT2D eigenvalue weighted by Crippen LogP contribution is 2.22. The van der Waals surface area contributed by atoms with Crippen LogP contribution in [0, 0.1) is 12.3 Å². The Kier molecular flexibility index (Phi) is 6.15. The first-order valence-corrected chi connectivity index (χ1v) is 10.1. The van der Waals surface area contributed by atoms with Gasteiger partial charge in [-0.25, -0.2) is 4.98 Å². The molecule has 0 saturated carbocycles. The summed E-state index contributed by atoms with van der Waals surface area (Å²) in [5.41, 5.74) is 2.15. The molecule has 0 aliphatic carbocycles. The number of para-hydroxylation sites is 1. The third-order valence-corrected chi connectivity index (χ3v) is 4.85. The highest BCUT2D eigenvalue weighted by atomic mass is 16.5. The number of fused-ring (bicyclic) bond motifs is 1. The Morgan fingerprint density at radius 3 is 2.56 bits per heavy atom. The van der Waals surface area contributed by atoms with Crippen LogP contribution in [0.15, 0.2) is 71.7 Å². The summed E-state index contributed by atoms with van der Waals surface area (Å²) >= 11 is 0. The summed E-state index contributed by atoms with van der Waals surface area (Å²) in [6.45, 7) is 1.45. The Morgan fingerprint density at radius 1 is 1.12 bits per heavy atom. The van der Waals surface area contributed by atoms with E-state index in [0.717, 1.165) is 18.0 Å². The number of terminal acetylenes is 1. The molecule has 7 nitrogen and oxygen atoms in total. The van der Waals surface area contributed by atoms with E-state index in [9.17, 15) is 4.79 Å². The van der Waals surface area contributed by atoms with Gasteiger partial charge in [0.1, 0.15) is 12.4 Å². The largest absolute Gasteiger partial charge is 0.492 e. The van der Waals surface area contributed by atoms with E-state index in [1.807, 2.05) is 68.7 Å². The zero-order valence-corrected chi connectivity index (χ0v) is 17.9. The van der Waals surface area contributed by atoms with Crippen molar-refractivity contribution < 1.29 is 4.74 Å². The number of likely N-dealkylation sites (N-methyl/N-ethyl adjacent to an activating group) is 1. The Bertz CT molecular complexity index is 1320. The lowest BCUT2D eigenvalue weighted by Gasteiger charge is -2.13. The van der Waals surface area contributed by atoms with Crippen molar-refractivity contribution in [1.82, 2.24) is 19.4 Å². The van der Waals surface area contributed by atoms with Crippen LogP contribution >= 0.6 is 0 Å². The van der Waals surface area contributed by atoms with Crippen LogP contribution < -0.4 is 15.6 Å². The zero-order valence-electron chi connectivity index (χ0n) is 17.9. The smallest absolute Gasteiger partial charge is 0.258 e. The highest BCUT2D eigenvalue weighted by molar-refractivity contribution is 5.83. The molecule has 0 unspecified atom stereocenters. The van der Waals surface area contributed by atoms with Crippen molar-refractivity contribution in [1.29, 1.82) is 0 Å². The molecule has 0 radical (unpaired) electrons. The van der Waals surface area contributed by atoms with Gasteiger partial charge in [0.2, 0.25) is 5.95 Å². The van der Waals surface area contributed by atoms with Crippen molar-refractivity contribution >= 4 is 22.7 Å². The topological polar surface area (TPSA) is 72.3 Å². The highest BCUT2D eigenvalue weighted by Gasteiger charge is 2.13. The standard InChI is InChI=1S/C25H23N5O2/c1-4-18-16-23(31)30(20-8-6-5-7-9-20)24-22(18)17-26-25(28-24)27-19-10-12-21(13-11-19)32-15-14-29(2)3/h1,5-13,16-17H,14-15H2,2-3H3,(H,26,27,28). The first-order chi connectivity index (χ1) is 15.5. The van der Waals surface area contributed by atoms with Crippen LogP contribution in [-0.4, -0.2) is 46.7 Å². The summed E-state index contributed by atoms with van der Waals surface area (Å²) < 4.78 is 7.26. The van der Waals surface area contributed by atoms with Crippen LogP contribution in [-0.2, 0) is 0 Å². The van der Waals surface area contributed by atoms with Crippen LogP contribution in [0.4, 0.5) is 11.6 Å². The van der Waals surface area contributed by atoms with Crippen molar-refractivity contribution in [2.24, 2.45) is 0 Å². The number of hydrogen-bond acceptors (Lipinski definition) is 6. The maximum Gasteiger partial charge on any atom is 0.258 e. The van der Waals surface area contributed by atoms with Crippen LogP contribution in [0.2, 0.25) is 0 Å². The fourth-order valence-electron chi connectivity index (χ4n) is 3.22. The quantitative estimate of drug-likeness (QED) is 0.458. The molecule has 0 spiro atoms. The van der Waals surface area contributed by atoms with E-state index in [1.54, 1.807) is 6.20 Å². The third kappa shape index (κ3) is 4.61. The molecule has 2 aromatic carbocycles. The van der Waals surface area contributed by atoms with Crippen molar-refractivity contribution in [3.05, 3.63) is 82.8 Å². The van der Waals surface area contributed by atoms with Gasteiger partial charge in [0.15, 0.2) is 5.65 Å². The van der Waals surface area contributed by atoms with Crippen molar-refractivity contribution in [2.45, 2.75) is 0 Å². The number of nitrogens with one attached hydrogen (secondary N) is 1. The van der Waals surface area contributed by atoms with Crippen LogP contribution in [0.1, 0.15) is 5.56 Å². The van der Waals surface area contributed by atoms with E-state index >= 15 is 0 Å². The Labute approximate surface area is 186 Å². The number of benzene rings is 2. The zero-order chi connectivity index (χ0) is 22.5. The second kappa shape index (κ2) is 9.33. The van der Waals surface area contributed by atoms with E-state index in [0.29, 0.717) is 34.8 Å². The molecule has 160 valence electrons. The molecule has 0 atom stereocenters. The lowest BCUT2D eigenvalue weighted by atomic mass is 10.2. The molecule has 32 heavy (non-hydrogen) atoms. The average Bonchev–Trinajstić information content (AvgIpc) is 2.80. The molecule has 2 heterocycles. The van der Waals surface area contributed by atoms with Gasteiger partial charge in [0.05, 0.1) is 11.1 Å². The van der Waals surface area contributed by atoms with E-state index in [4.69, 9.17) is 11.2 Å². The number of aromatic nitrogens is 3. The summed E-state index contributed by atoms with van der Waals surface area (Å²) in [7, 11) is 4.01. The number of anilines is 2. The van der Waals surface area contributed by atoms with Gasteiger partial charge in [-0.1, -0.05) is 24.1 Å². The van der Waals surface area contributed by atoms with Gasteiger partial charge in [0, 0.05) is 30.1 Å². The number of rotatable bonds is 7. The van der Waals surface area contributed by atoms with Crippen molar-refractivity contribution in [2.75, 3.05) is 32.6 Å². The number of hydrogen-bond donors (Lipinski definition) is 1. The first kappa shape index (κ1) is 21.1. The first-order valence-electron chi connectivity index (χ1n) is 10.1. The van der Waals surface area contributed by atoms with Crippen LogP contribution in [0.5, 0.6) is 5.75 Å². The van der Waals surface area contributed by atoms with Crippen LogP contribution in [0.3, 0.4) is 0 Å². The maximum absolute atomic E-state index is 12.8. The molecule has 0 bridgehead atoms. The number of pyridine rings is 1. The molecule has 0 fully saturated rings. The molecule has 2 aromatic heterocycles. The Balaban J connectivity index is 1.66. The lowest BCUT2D eigenvalue weighted by molar-refractivity contribution is 0.261. The normalized spacial score (nSPS) is 10.8. The molecular weight excluding hydrogens is 402 g/mol. The fraction of sp³-hybridized carbons (Fsp3) is 0.160. The van der Waals surface area contributed by atoms with E-state index in [1.165, 1.54) is 10.6 Å². The van der Waals surface area contributed by atoms with Crippen molar-refractivity contribution in [3.63, 3.8) is 0 Å².